The molecule has 0 saturated heterocycles. The van der Waals surface area contributed by atoms with E-state index in [0.29, 0.717) is 17.3 Å². The van der Waals surface area contributed by atoms with Gasteiger partial charge in [-0.15, -0.1) is 5.10 Å². The molecule has 31 heavy (non-hydrogen) atoms. The summed E-state index contributed by atoms with van der Waals surface area (Å²) in [5.74, 6) is 0.722. The predicted molar refractivity (Wildman–Crippen MR) is 118 cm³/mol. The zero-order valence-corrected chi connectivity index (χ0v) is 18.0. The van der Waals surface area contributed by atoms with Crippen LogP contribution >= 0.6 is 23.2 Å². The van der Waals surface area contributed by atoms with Gasteiger partial charge in [0.1, 0.15) is 5.69 Å². The Labute approximate surface area is 187 Å². The van der Waals surface area contributed by atoms with Gasteiger partial charge in [0.2, 0.25) is 5.90 Å². The van der Waals surface area contributed by atoms with Gasteiger partial charge in [-0.05, 0) is 56.2 Å². The van der Waals surface area contributed by atoms with Gasteiger partial charge < -0.3 is 4.74 Å². The van der Waals surface area contributed by atoms with E-state index in [4.69, 9.17) is 27.9 Å². The van der Waals surface area contributed by atoms with Crippen molar-refractivity contribution >= 4 is 29.1 Å². The average Bonchev–Trinajstić information content (AvgIpc) is 3.57. The second-order valence-corrected chi connectivity index (χ2v) is 8.66. The van der Waals surface area contributed by atoms with Gasteiger partial charge in [-0.2, -0.15) is 9.78 Å². The maximum Gasteiger partial charge on any atom is 0.349 e. The van der Waals surface area contributed by atoms with Crippen LogP contribution < -0.4 is 21.4 Å². The maximum atomic E-state index is 12.3. The van der Waals surface area contributed by atoms with Crippen LogP contribution in [-0.4, -0.2) is 20.7 Å². The average molecular weight is 460 g/mol. The summed E-state index contributed by atoms with van der Waals surface area (Å²) in [4.78, 5) is 26.7. The fourth-order valence-electron chi connectivity index (χ4n) is 3.89. The Bertz CT molecular complexity index is 1260. The van der Waals surface area contributed by atoms with Crippen LogP contribution in [0, 0.1) is 0 Å². The first-order chi connectivity index (χ1) is 14.9. The van der Waals surface area contributed by atoms with Gasteiger partial charge in [-0.1, -0.05) is 29.8 Å². The zero-order chi connectivity index (χ0) is 21.7. The number of aromatic nitrogens is 3. The Morgan fingerprint density at radius 2 is 1.77 bits per heavy atom. The van der Waals surface area contributed by atoms with Gasteiger partial charge >= 0.3 is 5.69 Å². The molecule has 1 fully saturated rings. The van der Waals surface area contributed by atoms with Crippen molar-refractivity contribution in [3.8, 4) is 11.4 Å². The Morgan fingerprint density at radius 1 is 1.10 bits per heavy atom. The standard InChI is InChI=1S/C21H19Cl2N5O3/c1-10-13-4-2-3-5-14(13)20(26-25-10)31-18-15(22)8-12(9-16(18)23)28-21(30)24-19(29)17(27-28)11-6-7-11/h8-9,11,25H,1-7H2,(H,24,29,30). The molecule has 0 spiro atoms. The molecule has 0 bridgehead atoms. The Morgan fingerprint density at radius 3 is 2.45 bits per heavy atom. The molecule has 2 N–H and O–H groups in total. The molecule has 3 aliphatic rings. The molecule has 5 rings (SSSR count). The lowest BCUT2D eigenvalue weighted by Crippen LogP contribution is -2.33. The van der Waals surface area contributed by atoms with Gasteiger partial charge in [-0.25, -0.2) is 4.79 Å². The van der Waals surface area contributed by atoms with Crippen molar-refractivity contribution in [3.63, 3.8) is 0 Å². The van der Waals surface area contributed by atoms with Crippen molar-refractivity contribution in [2.45, 2.75) is 44.4 Å². The second-order valence-electron chi connectivity index (χ2n) is 7.84. The molecule has 2 aromatic rings. The van der Waals surface area contributed by atoms with Crippen LogP contribution in [0.5, 0.6) is 5.75 Å². The van der Waals surface area contributed by atoms with E-state index in [1.807, 2.05) is 0 Å². The highest BCUT2D eigenvalue weighted by Crippen LogP contribution is 2.39. The highest BCUT2D eigenvalue weighted by Gasteiger charge is 2.30. The van der Waals surface area contributed by atoms with Gasteiger partial charge in [0, 0.05) is 11.5 Å². The number of nitrogens with one attached hydrogen (secondary N) is 2. The van der Waals surface area contributed by atoms with Crippen molar-refractivity contribution in [1.82, 2.24) is 20.2 Å². The number of allylic oxidation sites excluding steroid dienone is 1. The van der Waals surface area contributed by atoms with Gasteiger partial charge in [0.15, 0.2) is 5.75 Å². The second kappa shape index (κ2) is 7.69. The molecule has 0 amide bonds. The van der Waals surface area contributed by atoms with Crippen LogP contribution in [0.1, 0.15) is 50.1 Å². The number of aromatic amines is 1. The monoisotopic (exact) mass is 459 g/mol. The zero-order valence-electron chi connectivity index (χ0n) is 16.5. The number of rotatable bonds is 3. The molecule has 0 unspecified atom stereocenters. The number of hydrogen-bond acceptors (Lipinski definition) is 6. The van der Waals surface area contributed by atoms with E-state index in [2.05, 4.69) is 27.2 Å². The number of hydrogen-bond donors (Lipinski definition) is 2. The fraction of sp³-hybridized carbons (Fsp3) is 0.333. The van der Waals surface area contributed by atoms with E-state index in [-0.39, 0.29) is 21.7 Å². The normalized spacial score (nSPS) is 18.4. The van der Waals surface area contributed by atoms with Crippen molar-refractivity contribution < 1.29 is 4.74 Å². The van der Waals surface area contributed by atoms with Crippen LogP contribution in [0.25, 0.3) is 5.69 Å². The van der Waals surface area contributed by atoms with Gasteiger partial charge in [0.05, 0.1) is 21.4 Å². The maximum absolute atomic E-state index is 12.3. The number of nitrogens with zero attached hydrogens (tertiary/aromatic N) is 3. The third kappa shape index (κ3) is 3.70. The van der Waals surface area contributed by atoms with E-state index in [9.17, 15) is 9.59 Å². The van der Waals surface area contributed by atoms with Gasteiger partial charge in [0.25, 0.3) is 5.56 Å². The molecule has 1 aliphatic heterocycles. The van der Waals surface area contributed by atoms with Crippen LogP contribution in [-0.2, 0) is 0 Å². The molecule has 0 atom stereocenters. The molecule has 8 nitrogen and oxygen atoms in total. The summed E-state index contributed by atoms with van der Waals surface area (Å²) < 4.78 is 7.11. The summed E-state index contributed by atoms with van der Waals surface area (Å²) in [6.45, 7) is 4.01. The third-order valence-electron chi connectivity index (χ3n) is 5.63. The number of hydrazone groups is 1. The fourth-order valence-corrected chi connectivity index (χ4v) is 4.44. The predicted octanol–water partition coefficient (Wildman–Crippen LogP) is 3.78. The van der Waals surface area contributed by atoms with Gasteiger partial charge in [-0.3, -0.25) is 15.2 Å². The van der Waals surface area contributed by atoms with Crippen molar-refractivity contribution in [1.29, 1.82) is 0 Å². The lowest BCUT2D eigenvalue weighted by atomic mass is 9.89. The van der Waals surface area contributed by atoms with Crippen molar-refractivity contribution in [3.05, 3.63) is 72.1 Å². The van der Waals surface area contributed by atoms with Crippen molar-refractivity contribution in [2.75, 3.05) is 0 Å². The Kier molecular flexibility index (Phi) is 4.98. The van der Waals surface area contributed by atoms with Crippen LogP contribution in [0.15, 0.2) is 50.2 Å². The summed E-state index contributed by atoms with van der Waals surface area (Å²) >= 11 is 12.9. The number of ether oxygens (including phenoxy) is 1. The van der Waals surface area contributed by atoms with Crippen LogP contribution in [0.2, 0.25) is 10.0 Å². The smallest absolute Gasteiger partial charge is 0.349 e. The molecule has 2 aliphatic carbocycles. The molecule has 1 aromatic heterocycles. The Balaban J connectivity index is 1.51. The van der Waals surface area contributed by atoms with Crippen molar-refractivity contribution in [2.24, 2.45) is 5.10 Å². The molecular formula is C21H19Cl2N5O3. The molecular weight excluding hydrogens is 441 g/mol. The first kappa shape index (κ1) is 20.1. The van der Waals surface area contributed by atoms with E-state index >= 15 is 0 Å². The number of halogens is 2. The van der Waals surface area contributed by atoms with Crippen LogP contribution in [0.3, 0.4) is 0 Å². The summed E-state index contributed by atoms with van der Waals surface area (Å²) in [5.41, 5.74) is 5.34. The lowest BCUT2D eigenvalue weighted by molar-refractivity contribution is 0.523. The van der Waals surface area contributed by atoms with Crippen LogP contribution in [0.4, 0.5) is 0 Å². The largest absolute Gasteiger partial charge is 0.434 e. The van der Waals surface area contributed by atoms with E-state index in [0.717, 1.165) is 60.0 Å². The highest BCUT2D eigenvalue weighted by atomic mass is 35.5. The lowest BCUT2D eigenvalue weighted by Gasteiger charge is -2.26. The summed E-state index contributed by atoms with van der Waals surface area (Å²) in [6.07, 6.45) is 5.63. The summed E-state index contributed by atoms with van der Waals surface area (Å²) in [7, 11) is 0. The highest BCUT2D eigenvalue weighted by molar-refractivity contribution is 6.37. The SMILES string of the molecule is C=C1NN=C(Oc2c(Cl)cc(-n3nc(C4CC4)c(=O)[nH]c3=O)cc2Cl)C2=C1CCCC2. The molecule has 160 valence electrons. The quantitative estimate of drug-likeness (QED) is 0.726. The summed E-state index contributed by atoms with van der Waals surface area (Å²) in [5, 5.41) is 8.91. The first-order valence-electron chi connectivity index (χ1n) is 10.1. The molecule has 1 saturated carbocycles. The number of H-pyrrole nitrogens is 1. The topological polar surface area (TPSA) is 101 Å². The van der Waals surface area contributed by atoms with E-state index in [1.54, 1.807) is 0 Å². The molecule has 10 heteroatoms. The minimum absolute atomic E-state index is 0.0775. The van der Waals surface area contributed by atoms with E-state index < -0.39 is 11.2 Å². The van der Waals surface area contributed by atoms with E-state index in [1.165, 1.54) is 12.1 Å². The molecule has 2 heterocycles. The third-order valence-corrected chi connectivity index (χ3v) is 6.19. The molecule has 1 aromatic carbocycles. The first-order valence-corrected chi connectivity index (χ1v) is 10.8. The Hall–Kier alpha value is -2.84. The minimum atomic E-state index is -0.661. The molecule has 0 radical (unpaired) electrons. The summed E-state index contributed by atoms with van der Waals surface area (Å²) in [6, 6.07) is 3.05. The minimum Gasteiger partial charge on any atom is -0.434 e. The number of benzene rings is 1.